The van der Waals surface area contributed by atoms with E-state index in [1.807, 2.05) is 0 Å². The van der Waals surface area contributed by atoms with Crippen LogP contribution in [0.3, 0.4) is 0 Å². The summed E-state index contributed by atoms with van der Waals surface area (Å²) < 4.78 is 35.8. The zero-order valence-electron chi connectivity index (χ0n) is 11.6. The first kappa shape index (κ1) is 20.0. The van der Waals surface area contributed by atoms with Crippen molar-refractivity contribution in [3.8, 4) is 0 Å². The number of halogens is 4. The highest BCUT2D eigenvalue weighted by molar-refractivity contribution is 5.91. The molecular weight excluding hydrogens is 325 g/mol. The van der Waals surface area contributed by atoms with Gasteiger partial charge in [0, 0.05) is 6.42 Å². The van der Waals surface area contributed by atoms with E-state index in [2.05, 4.69) is 20.5 Å². The number of amidine groups is 1. The molecule has 0 bridgehead atoms. The van der Waals surface area contributed by atoms with Crippen molar-refractivity contribution >= 4 is 30.0 Å². The second kappa shape index (κ2) is 9.07. The number of hydrogen-bond donors (Lipinski definition) is 4. The Hall–Kier alpha value is -2.04. The van der Waals surface area contributed by atoms with E-state index >= 15 is 0 Å². The van der Waals surface area contributed by atoms with E-state index in [4.69, 9.17) is 16.9 Å². The van der Waals surface area contributed by atoms with Crippen molar-refractivity contribution in [2.45, 2.75) is 32.0 Å². The van der Waals surface area contributed by atoms with Gasteiger partial charge in [0.1, 0.15) is 6.54 Å². The summed E-state index contributed by atoms with van der Waals surface area (Å²) in [5.41, 5.74) is 10.5. The molecule has 0 spiro atoms. The van der Waals surface area contributed by atoms with E-state index in [-0.39, 0.29) is 30.0 Å². The summed E-state index contributed by atoms with van der Waals surface area (Å²) in [6, 6.07) is 0. The van der Waals surface area contributed by atoms with Crippen LogP contribution in [0.1, 0.15) is 19.3 Å². The van der Waals surface area contributed by atoms with Crippen molar-refractivity contribution < 1.29 is 13.2 Å². The number of unbranched alkanes of at least 4 members (excludes halogenated alkanes) is 1. The number of aliphatic imine (C=N–C) groups is 1. The fraction of sp³-hybridized carbons (Fsp3) is 0.600. The summed E-state index contributed by atoms with van der Waals surface area (Å²) in [4.78, 5) is 4.51. The molecule has 1 rings (SSSR count). The Balaban J connectivity index is 0.00000441. The van der Waals surface area contributed by atoms with Gasteiger partial charge in [-0.1, -0.05) is 0 Å². The maximum Gasteiger partial charge on any atom is 0.408 e. The second-order valence-electron chi connectivity index (χ2n) is 4.25. The maximum atomic E-state index is 11.9. The molecular formula is C10H18ClF3N8. The standard InChI is InChI=1S/C10H17F3N8.ClH/c11-10(12,13)6-17-9(16)19-8-5-18-21(20-8)4-2-1-3-7(14)15;/h5H,1-4,6H2,(H3,14,15)(H3,16,17,19,20);1H. The lowest BCUT2D eigenvalue weighted by atomic mass is 10.2. The number of nitrogens with two attached hydrogens (primary N) is 2. The van der Waals surface area contributed by atoms with E-state index in [9.17, 15) is 13.2 Å². The van der Waals surface area contributed by atoms with Gasteiger partial charge in [-0.25, -0.2) is 4.99 Å². The fourth-order valence-corrected chi connectivity index (χ4v) is 1.38. The van der Waals surface area contributed by atoms with Gasteiger partial charge in [0.05, 0.1) is 18.6 Å². The predicted octanol–water partition coefficient (Wildman–Crippen LogP) is 1.10. The molecule has 1 heterocycles. The fourth-order valence-electron chi connectivity index (χ4n) is 1.38. The highest BCUT2D eigenvalue weighted by Crippen LogP contribution is 2.14. The predicted molar refractivity (Wildman–Crippen MR) is 79.2 cm³/mol. The molecule has 0 aromatic carbocycles. The zero-order chi connectivity index (χ0) is 15.9. The lowest BCUT2D eigenvalue weighted by Crippen LogP contribution is -2.25. The number of guanidine groups is 1. The Labute approximate surface area is 131 Å². The first-order valence-electron chi connectivity index (χ1n) is 6.13. The molecule has 126 valence electrons. The van der Waals surface area contributed by atoms with Crippen molar-refractivity contribution in [2.75, 3.05) is 11.9 Å². The SMILES string of the molecule is Cl.N=C(N)CCCCn1ncc(NC(N)=NCC(F)(F)F)n1. The molecule has 6 N–H and O–H groups in total. The van der Waals surface area contributed by atoms with Gasteiger partial charge in [-0.2, -0.15) is 23.1 Å². The lowest BCUT2D eigenvalue weighted by Gasteiger charge is -2.04. The molecule has 0 unspecified atom stereocenters. The van der Waals surface area contributed by atoms with Gasteiger partial charge in [-0.3, -0.25) is 5.41 Å². The second-order valence-corrected chi connectivity index (χ2v) is 4.25. The average Bonchev–Trinajstić information content (AvgIpc) is 2.79. The van der Waals surface area contributed by atoms with E-state index < -0.39 is 12.7 Å². The normalized spacial score (nSPS) is 11.9. The Morgan fingerprint density at radius 1 is 1.36 bits per heavy atom. The third kappa shape index (κ3) is 9.00. The molecule has 0 aliphatic heterocycles. The van der Waals surface area contributed by atoms with Crippen LogP contribution in [0.25, 0.3) is 0 Å². The van der Waals surface area contributed by atoms with E-state index in [0.29, 0.717) is 13.0 Å². The third-order valence-electron chi connectivity index (χ3n) is 2.28. The van der Waals surface area contributed by atoms with Crippen LogP contribution in [0, 0.1) is 5.41 Å². The molecule has 1 aromatic heterocycles. The highest BCUT2D eigenvalue weighted by Gasteiger charge is 2.26. The van der Waals surface area contributed by atoms with Gasteiger partial charge in [0.15, 0.2) is 11.8 Å². The number of rotatable bonds is 7. The lowest BCUT2D eigenvalue weighted by molar-refractivity contribution is -0.118. The molecule has 0 fully saturated rings. The van der Waals surface area contributed by atoms with E-state index in [1.165, 1.54) is 11.0 Å². The average molecular weight is 343 g/mol. The molecule has 0 atom stereocenters. The topological polar surface area (TPSA) is 131 Å². The molecule has 0 radical (unpaired) electrons. The molecule has 0 amide bonds. The van der Waals surface area contributed by atoms with Crippen molar-refractivity contribution in [3.05, 3.63) is 6.20 Å². The number of alkyl halides is 3. The first-order valence-corrected chi connectivity index (χ1v) is 6.13. The van der Waals surface area contributed by atoms with Crippen molar-refractivity contribution in [2.24, 2.45) is 16.5 Å². The molecule has 0 saturated heterocycles. The maximum absolute atomic E-state index is 11.9. The summed E-state index contributed by atoms with van der Waals surface area (Å²) in [7, 11) is 0. The van der Waals surface area contributed by atoms with E-state index in [1.54, 1.807) is 0 Å². The third-order valence-corrected chi connectivity index (χ3v) is 2.28. The molecule has 0 aliphatic carbocycles. The number of anilines is 1. The zero-order valence-corrected chi connectivity index (χ0v) is 12.4. The van der Waals surface area contributed by atoms with Crippen LogP contribution in [-0.4, -0.2) is 39.5 Å². The number of nitrogens with zero attached hydrogens (tertiary/aromatic N) is 4. The van der Waals surface area contributed by atoms with E-state index in [0.717, 1.165) is 12.8 Å². The van der Waals surface area contributed by atoms with Crippen LogP contribution >= 0.6 is 12.4 Å². The van der Waals surface area contributed by atoms with Crippen molar-refractivity contribution in [1.82, 2.24) is 15.0 Å². The molecule has 0 saturated carbocycles. The summed E-state index contributed by atoms with van der Waals surface area (Å²) in [5.74, 6) is -0.0413. The van der Waals surface area contributed by atoms with Crippen molar-refractivity contribution in [3.63, 3.8) is 0 Å². The van der Waals surface area contributed by atoms with Crippen molar-refractivity contribution in [1.29, 1.82) is 5.41 Å². The Bertz CT molecular complexity index is 499. The molecule has 12 heteroatoms. The van der Waals surface area contributed by atoms with Crippen LogP contribution in [-0.2, 0) is 6.54 Å². The summed E-state index contributed by atoms with van der Waals surface area (Å²) in [5, 5.41) is 17.4. The van der Waals surface area contributed by atoms with Gasteiger partial charge < -0.3 is 16.8 Å². The van der Waals surface area contributed by atoms with Gasteiger partial charge in [0.25, 0.3) is 0 Å². The number of aromatic nitrogens is 3. The highest BCUT2D eigenvalue weighted by atomic mass is 35.5. The minimum absolute atomic E-state index is 0. The largest absolute Gasteiger partial charge is 0.408 e. The molecule has 0 aliphatic rings. The summed E-state index contributed by atoms with van der Waals surface area (Å²) in [6.45, 7) is -0.848. The number of aryl methyl sites for hydroxylation is 1. The van der Waals surface area contributed by atoms with Crippen LogP contribution in [0.5, 0.6) is 0 Å². The van der Waals surface area contributed by atoms with Gasteiger partial charge in [-0.15, -0.1) is 17.5 Å². The molecule has 8 nitrogen and oxygen atoms in total. The van der Waals surface area contributed by atoms with Gasteiger partial charge in [-0.05, 0) is 12.8 Å². The molecule has 22 heavy (non-hydrogen) atoms. The van der Waals surface area contributed by atoms with Crippen LogP contribution < -0.4 is 16.8 Å². The quantitative estimate of drug-likeness (QED) is 0.335. The van der Waals surface area contributed by atoms with Crippen LogP contribution in [0.4, 0.5) is 19.0 Å². The Kier molecular flexibility index (Phi) is 8.23. The number of hydrogen-bond acceptors (Lipinski definition) is 4. The first-order chi connectivity index (χ1) is 9.76. The monoisotopic (exact) mass is 342 g/mol. The van der Waals surface area contributed by atoms with Gasteiger partial charge >= 0.3 is 6.18 Å². The van der Waals surface area contributed by atoms with Crippen LogP contribution in [0.15, 0.2) is 11.2 Å². The Morgan fingerprint density at radius 2 is 2.05 bits per heavy atom. The van der Waals surface area contributed by atoms with Crippen LogP contribution in [0.2, 0.25) is 0 Å². The minimum Gasteiger partial charge on any atom is -0.388 e. The van der Waals surface area contributed by atoms with Gasteiger partial charge in [0.2, 0.25) is 0 Å². The minimum atomic E-state index is -4.40. The smallest absolute Gasteiger partial charge is 0.388 e. The molecule has 1 aromatic rings. The Morgan fingerprint density at radius 3 is 2.64 bits per heavy atom. The summed E-state index contributed by atoms with van der Waals surface area (Å²) >= 11 is 0. The summed E-state index contributed by atoms with van der Waals surface area (Å²) in [6.07, 6.45) is -1.11. The number of nitrogens with one attached hydrogen (secondary N) is 2.